The molecule has 8 heteroatoms. The molecule has 1 N–H and O–H groups in total. The van der Waals surface area contributed by atoms with Gasteiger partial charge < -0.3 is 24.2 Å². The van der Waals surface area contributed by atoms with Gasteiger partial charge in [0, 0.05) is 12.6 Å². The predicted octanol–water partition coefficient (Wildman–Crippen LogP) is 1.77. The molecule has 0 radical (unpaired) electrons. The van der Waals surface area contributed by atoms with E-state index in [0.717, 1.165) is 11.3 Å². The summed E-state index contributed by atoms with van der Waals surface area (Å²) in [6.07, 6.45) is 0.807. The molecule has 2 aliphatic heterocycles. The van der Waals surface area contributed by atoms with Crippen molar-refractivity contribution in [1.82, 2.24) is 4.90 Å². The minimum atomic E-state index is -1.22. The van der Waals surface area contributed by atoms with Gasteiger partial charge in [0.05, 0.1) is 31.5 Å². The van der Waals surface area contributed by atoms with Gasteiger partial charge in [0.1, 0.15) is 6.61 Å². The van der Waals surface area contributed by atoms with E-state index in [9.17, 15) is 14.7 Å². The maximum atomic E-state index is 13.0. The predicted molar refractivity (Wildman–Crippen MR) is 93.6 cm³/mol. The van der Waals surface area contributed by atoms with Crippen molar-refractivity contribution in [2.75, 3.05) is 32.3 Å². The Morgan fingerprint density at radius 3 is 2.69 bits per heavy atom. The van der Waals surface area contributed by atoms with Crippen molar-refractivity contribution < 1.29 is 28.9 Å². The number of nitrogens with zero attached hydrogens (tertiary/aromatic N) is 2. The van der Waals surface area contributed by atoms with Gasteiger partial charge in [-0.3, -0.25) is 4.79 Å². The van der Waals surface area contributed by atoms with Crippen molar-refractivity contribution >= 4 is 17.7 Å². The van der Waals surface area contributed by atoms with Gasteiger partial charge in [-0.15, -0.1) is 0 Å². The molecule has 0 bridgehead atoms. The molecule has 1 aromatic rings. The molecule has 0 aromatic heterocycles. The largest absolute Gasteiger partial charge is 0.493 e. The van der Waals surface area contributed by atoms with Crippen LogP contribution in [0.2, 0.25) is 0 Å². The molecule has 140 valence electrons. The summed E-state index contributed by atoms with van der Waals surface area (Å²) in [5.41, 5.74) is 0.477. The highest BCUT2D eigenvalue weighted by molar-refractivity contribution is 6.06. The molecule has 1 fully saturated rings. The zero-order chi connectivity index (χ0) is 18.8. The van der Waals surface area contributed by atoms with Gasteiger partial charge >= 0.3 is 6.09 Å². The summed E-state index contributed by atoms with van der Waals surface area (Å²) < 4.78 is 15.7. The summed E-state index contributed by atoms with van der Waals surface area (Å²) in [5.74, 6) is 0.447. The van der Waals surface area contributed by atoms with Crippen LogP contribution in [0, 0.1) is 0 Å². The van der Waals surface area contributed by atoms with E-state index >= 15 is 0 Å². The van der Waals surface area contributed by atoms with E-state index < -0.39 is 18.4 Å². The van der Waals surface area contributed by atoms with Crippen LogP contribution in [0.15, 0.2) is 24.8 Å². The normalized spacial score (nSPS) is 21.6. The Morgan fingerprint density at radius 2 is 2.04 bits per heavy atom. The van der Waals surface area contributed by atoms with Crippen molar-refractivity contribution in [3.05, 3.63) is 30.4 Å². The third kappa shape index (κ3) is 2.86. The first-order valence-corrected chi connectivity index (χ1v) is 8.35. The van der Waals surface area contributed by atoms with E-state index in [1.165, 1.54) is 32.4 Å². The van der Waals surface area contributed by atoms with Crippen LogP contribution in [0.1, 0.15) is 23.2 Å². The smallest absolute Gasteiger partial charge is 0.416 e. The van der Waals surface area contributed by atoms with Crippen LogP contribution in [-0.2, 0) is 4.74 Å². The van der Waals surface area contributed by atoms with Crippen molar-refractivity contribution in [2.24, 2.45) is 0 Å². The molecule has 8 nitrogen and oxygen atoms in total. The standard InChI is InChI=1S/C18H22N2O6/c1-4-8-26-18(23)20-13-10-15(25-3)14(24-2)9-11(13)16(21)19-7-5-6-12(19)17(20)22/h4,9-10,12,17,22H,1,5-8H2,2-3H3/t12-,17-/m0/s1. The highest BCUT2D eigenvalue weighted by Gasteiger charge is 2.45. The average molecular weight is 362 g/mol. The fourth-order valence-corrected chi connectivity index (χ4v) is 3.47. The van der Waals surface area contributed by atoms with Crippen LogP contribution >= 0.6 is 0 Å². The minimum absolute atomic E-state index is 0.00694. The van der Waals surface area contributed by atoms with Crippen LogP contribution in [0.4, 0.5) is 10.5 Å². The van der Waals surface area contributed by atoms with Crippen molar-refractivity contribution in [2.45, 2.75) is 25.1 Å². The molecule has 0 saturated carbocycles. The maximum absolute atomic E-state index is 13.0. The van der Waals surface area contributed by atoms with Crippen LogP contribution in [0.25, 0.3) is 0 Å². The Bertz CT molecular complexity index is 735. The van der Waals surface area contributed by atoms with Crippen molar-refractivity contribution in [3.8, 4) is 11.5 Å². The van der Waals surface area contributed by atoms with Crippen LogP contribution in [0.5, 0.6) is 11.5 Å². The van der Waals surface area contributed by atoms with Gasteiger partial charge in [0.25, 0.3) is 5.91 Å². The number of rotatable bonds is 4. The second-order valence-corrected chi connectivity index (χ2v) is 6.08. The van der Waals surface area contributed by atoms with Gasteiger partial charge in [0.2, 0.25) is 0 Å². The van der Waals surface area contributed by atoms with Crippen LogP contribution in [-0.4, -0.2) is 61.6 Å². The number of anilines is 1. The number of benzene rings is 1. The van der Waals surface area contributed by atoms with E-state index in [0.29, 0.717) is 24.5 Å². The third-order valence-corrected chi connectivity index (χ3v) is 4.68. The second-order valence-electron chi connectivity index (χ2n) is 6.08. The lowest BCUT2D eigenvalue weighted by atomic mass is 10.1. The number of aliphatic hydroxyl groups is 1. The monoisotopic (exact) mass is 362 g/mol. The number of carbonyl (C=O) groups excluding carboxylic acids is 2. The van der Waals surface area contributed by atoms with Gasteiger partial charge in [0.15, 0.2) is 17.7 Å². The first-order valence-electron chi connectivity index (χ1n) is 8.35. The lowest BCUT2D eigenvalue weighted by molar-refractivity contribution is 0.0496. The summed E-state index contributed by atoms with van der Waals surface area (Å²) in [6.45, 7) is 4.03. The Morgan fingerprint density at radius 1 is 1.35 bits per heavy atom. The fraction of sp³-hybridized carbons (Fsp3) is 0.444. The van der Waals surface area contributed by atoms with E-state index in [4.69, 9.17) is 14.2 Å². The number of fused-ring (bicyclic) bond motifs is 2. The molecule has 0 spiro atoms. The molecular weight excluding hydrogens is 340 g/mol. The van der Waals surface area contributed by atoms with Gasteiger partial charge in [-0.05, 0) is 18.9 Å². The van der Waals surface area contributed by atoms with Gasteiger partial charge in [-0.2, -0.15) is 0 Å². The summed E-state index contributed by atoms with van der Waals surface area (Å²) in [7, 11) is 2.92. The van der Waals surface area contributed by atoms with Crippen LogP contribution < -0.4 is 14.4 Å². The number of ether oxygens (including phenoxy) is 3. The second kappa shape index (κ2) is 7.25. The number of aliphatic hydroxyl groups excluding tert-OH is 1. The Hall–Kier alpha value is -2.74. The number of carbonyl (C=O) groups is 2. The van der Waals surface area contributed by atoms with E-state index in [1.807, 2.05) is 0 Å². The zero-order valence-electron chi connectivity index (χ0n) is 14.8. The summed E-state index contributed by atoms with van der Waals surface area (Å²) in [5, 5.41) is 10.9. The topological polar surface area (TPSA) is 88.5 Å². The Balaban J connectivity index is 2.16. The molecule has 2 heterocycles. The summed E-state index contributed by atoms with van der Waals surface area (Å²) >= 11 is 0. The highest BCUT2D eigenvalue weighted by atomic mass is 16.6. The highest BCUT2D eigenvalue weighted by Crippen LogP contribution is 2.41. The van der Waals surface area contributed by atoms with E-state index in [-0.39, 0.29) is 23.8 Å². The molecule has 2 atom stereocenters. The number of hydrogen-bond donors (Lipinski definition) is 1. The fourth-order valence-electron chi connectivity index (χ4n) is 3.47. The molecule has 0 aliphatic carbocycles. The van der Waals surface area contributed by atoms with Crippen LogP contribution in [0.3, 0.4) is 0 Å². The van der Waals surface area contributed by atoms with Gasteiger partial charge in [-0.25, -0.2) is 9.69 Å². The zero-order valence-corrected chi connectivity index (χ0v) is 14.8. The SMILES string of the molecule is C=CCOC(=O)N1c2cc(OC)c(OC)cc2C(=O)N2CCC[C@H]2[C@@H]1O. The molecule has 1 aromatic carbocycles. The third-order valence-electron chi connectivity index (χ3n) is 4.68. The van der Waals surface area contributed by atoms with Crippen molar-refractivity contribution in [3.63, 3.8) is 0 Å². The maximum Gasteiger partial charge on any atom is 0.416 e. The number of methoxy groups -OCH3 is 2. The molecular formula is C18H22N2O6. The van der Waals surface area contributed by atoms with E-state index in [1.54, 1.807) is 4.90 Å². The Labute approximate surface area is 151 Å². The molecule has 1 saturated heterocycles. The molecule has 26 heavy (non-hydrogen) atoms. The molecule has 3 rings (SSSR count). The number of hydrogen-bond acceptors (Lipinski definition) is 6. The van der Waals surface area contributed by atoms with E-state index in [2.05, 4.69) is 6.58 Å². The number of amides is 2. The summed E-state index contributed by atoms with van der Waals surface area (Å²) in [4.78, 5) is 28.4. The lowest BCUT2D eigenvalue weighted by Crippen LogP contribution is -2.50. The first kappa shape index (κ1) is 18.1. The van der Waals surface area contributed by atoms with Gasteiger partial charge in [-0.1, -0.05) is 12.7 Å². The lowest BCUT2D eigenvalue weighted by Gasteiger charge is -2.31. The average Bonchev–Trinajstić information content (AvgIpc) is 3.12. The Kier molecular flexibility index (Phi) is 5.03. The quantitative estimate of drug-likeness (QED) is 0.822. The van der Waals surface area contributed by atoms with Crippen molar-refractivity contribution in [1.29, 1.82) is 0 Å². The minimum Gasteiger partial charge on any atom is -0.493 e. The molecule has 0 unspecified atom stereocenters. The molecule has 2 amide bonds. The molecule has 2 aliphatic rings. The summed E-state index contributed by atoms with van der Waals surface area (Å²) in [6, 6.07) is 2.54. The first-order chi connectivity index (χ1) is 12.5.